The van der Waals surface area contributed by atoms with E-state index < -0.39 is 0 Å². The Morgan fingerprint density at radius 1 is 1.29 bits per heavy atom. The molecule has 17 heavy (non-hydrogen) atoms. The molecular weight excluding hydrogens is 210 g/mol. The third-order valence-electron chi connectivity index (χ3n) is 3.63. The van der Waals surface area contributed by atoms with E-state index in [2.05, 4.69) is 23.5 Å². The second kappa shape index (κ2) is 6.65. The predicted molar refractivity (Wildman–Crippen MR) is 71.5 cm³/mol. The Morgan fingerprint density at radius 3 is 2.88 bits per heavy atom. The molecule has 0 saturated heterocycles. The molecule has 2 nitrogen and oxygen atoms in total. The zero-order chi connectivity index (χ0) is 11.9. The van der Waals surface area contributed by atoms with Crippen molar-refractivity contribution in [3.05, 3.63) is 29.8 Å². The lowest BCUT2D eigenvalue weighted by atomic mass is 10.1. The molecule has 0 bridgehead atoms. The Bertz CT molecular complexity index is 331. The van der Waals surface area contributed by atoms with Crippen molar-refractivity contribution in [1.82, 2.24) is 5.32 Å². The van der Waals surface area contributed by atoms with Crippen molar-refractivity contribution in [1.29, 1.82) is 0 Å². The summed E-state index contributed by atoms with van der Waals surface area (Å²) in [5, 5.41) is 3.57. The SMILES string of the molecule is COc1cccc(CCNCC2CCCC2)c1. The van der Waals surface area contributed by atoms with Crippen molar-refractivity contribution in [2.75, 3.05) is 20.2 Å². The van der Waals surface area contributed by atoms with E-state index in [1.807, 2.05) is 6.07 Å². The standard InChI is InChI=1S/C15H23NO/c1-17-15-8-4-7-13(11-15)9-10-16-12-14-5-2-3-6-14/h4,7-8,11,14,16H,2-3,5-6,9-10,12H2,1H3. The molecule has 1 aliphatic carbocycles. The lowest BCUT2D eigenvalue weighted by Gasteiger charge is -2.10. The monoisotopic (exact) mass is 233 g/mol. The van der Waals surface area contributed by atoms with Gasteiger partial charge in [0, 0.05) is 0 Å². The Labute approximate surface area is 104 Å². The molecule has 0 amide bonds. The second-order valence-electron chi connectivity index (χ2n) is 4.96. The maximum atomic E-state index is 5.22. The summed E-state index contributed by atoms with van der Waals surface area (Å²) in [4.78, 5) is 0. The molecule has 0 atom stereocenters. The first-order chi connectivity index (χ1) is 8.38. The first-order valence-corrected chi connectivity index (χ1v) is 6.72. The van der Waals surface area contributed by atoms with E-state index in [0.717, 1.165) is 24.6 Å². The fraction of sp³-hybridized carbons (Fsp3) is 0.600. The van der Waals surface area contributed by atoms with Gasteiger partial charge in [-0.15, -0.1) is 0 Å². The fourth-order valence-electron chi connectivity index (χ4n) is 2.58. The van der Waals surface area contributed by atoms with Crippen molar-refractivity contribution in [2.45, 2.75) is 32.1 Å². The molecule has 0 aromatic heterocycles. The summed E-state index contributed by atoms with van der Waals surface area (Å²) in [6.07, 6.45) is 6.80. The topological polar surface area (TPSA) is 21.3 Å². The Hall–Kier alpha value is -1.02. The van der Waals surface area contributed by atoms with E-state index in [1.165, 1.54) is 37.8 Å². The van der Waals surface area contributed by atoms with Crippen LogP contribution in [0.3, 0.4) is 0 Å². The number of methoxy groups -OCH3 is 1. The number of benzene rings is 1. The van der Waals surface area contributed by atoms with Gasteiger partial charge >= 0.3 is 0 Å². The molecule has 0 radical (unpaired) electrons. The molecule has 94 valence electrons. The summed E-state index contributed by atoms with van der Waals surface area (Å²) in [6, 6.07) is 8.34. The van der Waals surface area contributed by atoms with Gasteiger partial charge in [0.25, 0.3) is 0 Å². The molecule has 1 aromatic carbocycles. The zero-order valence-corrected chi connectivity index (χ0v) is 10.7. The normalized spacial score (nSPS) is 16.3. The van der Waals surface area contributed by atoms with Gasteiger partial charge in [-0.05, 0) is 56.0 Å². The smallest absolute Gasteiger partial charge is 0.119 e. The molecule has 1 N–H and O–H groups in total. The number of hydrogen-bond acceptors (Lipinski definition) is 2. The minimum absolute atomic E-state index is 0.931. The van der Waals surface area contributed by atoms with Crippen molar-refractivity contribution < 1.29 is 4.74 Å². The van der Waals surface area contributed by atoms with Gasteiger partial charge in [-0.3, -0.25) is 0 Å². The first-order valence-electron chi connectivity index (χ1n) is 6.72. The highest BCUT2D eigenvalue weighted by Gasteiger charge is 2.13. The van der Waals surface area contributed by atoms with Crippen molar-refractivity contribution in [3.63, 3.8) is 0 Å². The molecule has 2 heteroatoms. The van der Waals surface area contributed by atoms with Crippen LogP contribution in [0.15, 0.2) is 24.3 Å². The van der Waals surface area contributed by atoms with Crippen molar-refractivity contribution in [3.8, 4) is 5.75 Å². The van der Waals surface area contributed by atoms with Gasteiger partial charge < -0.3 is 10.1 Å². The van der Waals surface area contributed by atoms with E-state index in [9.17, 15) is 0 Å². The minimum atomic E-state index is 0.931. The predicted octanol–water partition coefficient (Wildman–Crippen LogP) is 3.02. The van der Waals surface area contributed by atoms with Gasteiger partial charge in [-0.2, -0.15) is 0 Å². The number of nitrogens with one attached hydrogen (secondary N) is 1. The van der Waals surface area contributed by atoms with E-state index in [1.54, 1.807) is 7.11 Å². The van der Waals surface area contributed by atoms with Crippen LogP contribution < -0.4 is 10.1 Å². The van der Waals surface area contributed by atoms with E-state index in [0.29, 0.717) is 0 Å². The molecule has 1 fully saturated rings. The number of hydrogen-bond donors (Lipinski definition) is 1. The largest absolute Gasteiger partial charge is 0.497 e. The van der Waals surface area contributed by atoms with Gasteiger partial charge in [-0.25, -0.2) is 0 Å². The summed E-state index contributed by atoms with van der Waals surface area (Å²) >= 11 is 0. The highest BCUT2D eigenvalue weighted by molar-refractivity contribution is 5.28. The van der Waals surface area contributed by atoms with Crippen LogP contribution in [0.2, 0.25) is 0 Å². The lowest BCUT2D eigenvalue weighted by Crippen LogP contribution is -2.23. The number of ether oxygens (including phenoxy) is 1. The van der Waals surface area contributed by atoms with Crippen LogP contribution in [-0.2, 0) is 6.42 Å². The Morgan fingerprint density at radius 2 is 2.12 bits per heavy atom. The summed E-state index contributed by atoms with van der Waals surface area (Å²) in [7, 11) is 1.72. The molecule has 2 rings (SSSR count). The quantitative estimate of drug-likeness (QED) is 0.763. The van der Waals surface area contributed by atoms with Crippen LogP contribution in [0.4, 0.5) is 0 Å². The Kier molecular flexibility index (Phi) is 4.87. The molecule has 1 aromatic rings. The number of rotatable bonds is 6. The van der Waals surface area contributed by atoms with Crippen LogP contribution in [0.5, 0.6) is 5.75 Å². The average Bonchev–Trinajstić information content (AvgIpc) is 2.88. The van der Waals surface area contributed by atoms with E-state index in [4.69, 9.17) is 4.74 Å². The first kappa shape index (κ1) is 12.4. The van der Waals surface area contributed by atoms with Crippen LogP contribution >= 0.6 is 0 Å². The van der Waals surface area contributed by atoms with Crippen LogP contribution in [0.25, 0.3) is 0 Å². The highest BCUT2D eigenvalue weighted by atomic mass is 16.5. The van der Waals surface area contributed by atoms with Crippen LogP contribution in [-0.4, -0.2) is 20.2 Å². The maximum absolute atomic E-state index is 5.22. The summed E-state index contributed by atoms with van der Waals surface area (Å²) in [5.41, 5.74) is 1.35. The van der Waals surface area contributed by atoms with Crippen molar-refractivity contribution in [2.24, 2.45) is 5.92 Å². The molecule has 1 aliphatic rings. The molecule has 1 saturated carbocycles. The maximum Gasteiger partial charge on any atom is 0.119 e. The molecule has 0 heterocycles. The van der Waals surface area contributed by atoms with Gasteiger partial charge in [0.1, 0.15) is 5.75 Å². The van der Waals surface area contributed by atoms with Crippen LogP contribution in [0.1, 0.15) is 31.2 Å². The molecule has 0 aliphatic heterocycles. The second-order valence-corrected chi connectivity index (χ2v) is 4.96. The third kappa shape index (κ3) is 4.04. The Balaban J connectivity index is 1.66. The summed E-state index contributed by atoms with van der Waals surface area (Å²) < 4.78 is 5.22. The fourth-order valence-corrected chi connectivity index (χ4v) is 2.58. The average molecular weight is 233 g/mol. The van der Waals surface area contributed by atoms with Gasteiger partial charge in [0.15, 0.2) is 0 Å². The van der Waals surface area contributed by atoms with Crippen molar-refractivity contribution >= 4 is 0 Å². The minimum Gasteiger partial charge on any atom is -0.497 e. The van der Waals surface area contributed by atoms with Gasteiger partial charge in [-0.1, -0.05) is 25.0 Å². The van der Waals surface area contributed by atoms with Gasteiger partial charge in [0.2, 0.25) is 0 Å². The zero-order valence-electron chi connectivity index (χ0n) is 10.7. The summed E-state index contributed by atoms with van der Waals surface area (Å²) in [6.45, 7) is 2.27. The van der Waals surface area contributed by atoms with Crippen LogP contribution in [0, 0.1) is 5.92 Å². The highest BCUT2D eigenvalue weighted by Crippen LogP contribution is 2.23. The molecule has 0 unspecified atom stereocenters. The summed E-state index contributed by atoms with van der Waals surface area (Å²) in [5.74, 6) is 1.89. The molecule has 0 spiro atoms. The van der Waals surface area contributed by atoms with E-state index in [-0.39, 0.29) is 0 Å². The van der Waals surface area contributed by atoms with E-state index >= 15 is 0 Å². The molecular formula is C15H23NO. The lowest BCUT2D eigenvalue weighted by molar-refractivity contribution is 0.414. The van der Waals surface area contributed by atoms with Gasteiger partial charge in [0.05, 0.1) is 7.11 Å². The third-order valence-corrected chi connectivity index (χ3v) is 3.63.